The largest absolute Gasteiger partial charge is 0.493 e. The molecule has 0 aromatic heterocycles. The summed E-state index contributed by atoms with van der Waals surface area (Å²) in [7, 11) is 3.30. The summed E-state index contributed by atoms with van der Waals surface area (Å²) < 4.78 is 11.2. The highest BCUT2D eigenvalue weighted by Crippen LogP contribution is 2.40. The van der Waals surface area contributed by atoms with Crippen LogP contribution in [0.15, 0.2) is 60.7 Å². The molecule has 3 aromatic rings. The third-order valence-corrected chi connectivity index (χ3v) is 6.81. The number of hydrogen-bond donors (Lipinski definition) is 1. The van der Waals surface area contributed by atoms with Crippen molar-refractivity contribution < 1.29 is 14.3 Å². The average Bonchev–Trinajstić information content (AvgIpc) is 2.84. The molecule has 0 radical (unpaired) electrons. The maximum atomic E-state index is 13.1. The summed E-state index contributed by atoms with van der Waals surface area (Å²) >= 11 is 6.29. The highest BCUT2D eigenvalue weighted by atomic mass is 35.5. The second-order valence-corrected chi connectivity index (χ2v) is 9.21. The van der Waals surface area contributed by atoms with Crippen molar-refractivity contribution in [1.82, 2.24) is 10.2 Å². The zero-order valence-corrected chi connectivity index (χ0v) is 20.9. The first-order valence-corrected chi connectivity index (χ1v) is 11.9. The first-order chi connectivity index (χ1) is 16.4. The highest BCUT2D eigenvalue weighted by Gasteiger charge is 2.34. The molecule has 0 fully saturated rings. The van der Waals surface area contributed by atoms with E-state index in [0.717, 1.165) is 30.8 Å². The van der Waals surface area contributed by atoms with Crippen molar-refractivity contribution in [1.29, 1.82) is 0 Å². The van der Waals surface area contributed by atoms with Gasteiger partial charge in [0.1, 0.15) is 0 Å². The number of fused-ring (bicyclic) bond motifs is 1. The van der Waals surface area contributed by atoms with E-state index in [1.165, 1.54) is 16.7 Å². The number of amides is 1. The Kier molecular flexibility index (Phi) is 7.44. The number of nitrogens with zero attached hydrogens (tertiary/aromatic N) is 1. The number of carbonyl (C=O) groups excluding carboxylic acids is 1. The third kappa shape index (κ3) is 5.06. The van der Waals surface area contributed by atoms with Gasteiger partial charge in [0.15, 0.2) is 11.5 Å². The minimum absolute atomic E-state index is 0.0451. The van der Waals surface area contributed by atoms with Crippen molar-refractivity contribution in [3.05, 3.63) is 93.5 Å². The SMILES string of the molecule is COc1cc2c(cc1OC)[C@@H]([C@@H](C)NC(=O)c1ccccc1Cl)N(Cc1ccc(C)cc1)CC2. The number of aryl methyl sites for hydroxylation is 1. The molecule has 3 aromatic carbocycles. The number of ether oxygens (including phenoxy) is 2. The molecular formula is C28H31ClN2O3. The second kappa shape index (κ2) is 10.5. The molecule has 34 heavy (non-hydrogen) atoms. The van der Waals surface area contributed by atoms with Crippen LogP contribution in [-0.4, -0.2) is 37.6 Å². The van der Waals surface area contributed by atoms with Crippen LogP contribution in [0.2, 0.25) is 5.02 Å². The summed E-state index contributed by atoms with van der Waals surface area (Å²) in [4.78, 5) is 15.5. The molecule has 0 spiro atoms. The fourth-order valence-electron chi connectivity index (χ4n) is 4.73. The van der Waals surface area contributed by atoms with E-state index in [0.29, 0.717) is 16.3 Å². The summed E-state index contributed by atoms with van der Waals surface area (Å²) in [6.07, 6.45) is 0.892. The number of carbonyl (C=O) groups is 1. The Morgan fingerprint density at radius 1 is 1.09 bits per heavy atom. The minimum atomic E-state index is -0.180. The molecule has 1 aliphatic heterocycles. The van der Waals surface area contributed by atoms with Gasteiger partial charge in [0.2, 0.25) is 0 Å². The summed E-state index contributed by atoms with van der Waals surface area (Å²) in [5, 5.41) is 3.65. The number of hydrogen-bond acceptors (Lipinski definition) is 4. The number of halogens is 1. The fraction of sp³-hybridized carbons (Fsp3) is 0.321. The molecule has 0 saturated carbocycles. The van der Waals surface area contributed by atoms with Gasteiger partial charge < -0.3 is 14.8 Å². The molecule has 1 heterocycles. The van der Waals surface area contributed by atoms with E-state index < -0.39 is 0 Å². The molecule has 0 unspecified atom stereocenters. The fourth-order valence-corrected chi connectivity index (χ4v) is 4.95. The van der Waals surface area contributed by atoms with Gasteiger partial charge in [-0.05, 0) is 61.2 Å². The van der Waals surface area contributed by atoms with Crippen LogP contribution < -0.4 is 14.8 Å². The van der Waals surface area contributed by atoms with Gasteiger partial charge in [-0.3, -0.25) is 9.69 Å². The quantitative estimate of drug-likeness (QED) is 0.481. The zero-order chi connectivity index (χ0) is 24.2. The molecule has 178 valence electrons. The van der Waals surface area contributed by atoms with Gasteiger partial charge in [-0.2, -0.15) is 0 Å². The summed E-state index contributed by atoms with van der Waals surface area (Å²) in [6, 6.07) is 19.6. The van der Waals surface area contributed by atoms with E-state index in [2.05, 4.69) is 53.5 Å². The molecule has 2 atom stereocenters. The molecule has 6 heteroatoms. The number of methoxy groups -OCH3 is 2. The maximum Gasteiger partial charge on any atom is 0.253 e. The van der Waals surface area contributed by atoms with Crippen LogP contribution >= 0.6 is 11.6 Å². The molecule has 1 aliphatic rings. The molecule has 0 saturated heterocycles. The van der Waals surface area contributed by atoms with Gasteiger partial charge in [-0.1, -0.05) is 53.6 Å². The Hall–Kier alpha value is -3.02. The highest BCUT2D eigenvalue weighted by molar-refractivity contribution is 6.33. The lowest BCUT2D eigenvalue weighted by molar-refractivity contribution is 0.0877. The lowest BCUT2D eigenvalue weighted by Gasteiger charge is -2.41. The van der Waals surface area contributed by atoms with Crippen LogP contribution in [0, 0.1) is 6.92 Å². The van der Waals surface area contributed by atoms with Crippen molar-refractivity contribution >= 4 is 17.5 Å². The predicted molar refractivity (Wildman–Crippen MR) is 136 cm³/mol. The van der Waals surface area contributed by atoms with E-state index in [1.54, 1.807) is 26.4 Å². The number of rotatable bonds is 7. The Labute approximate surface area is 206 Å². The van der Waals surface area contributed by atoms with Gasteiger partial charge >= 0.3 is 0 Å². The summed E-state index contributed by atoms with van der Waals surface area (Å²) in [6.45, 7) is 5.79. The Balaban J connectivity index is 1.69. The van der Waals surface area contributed by atoms with Crippen molar-refractivity contribution in [2.75, 3.05) is 20.8 Å². The first kappa shape index (κ1) is 24.1. The molecule has 5 nitrogen and oxygen atoms in total. The Morgan fingerprint density at radius 3 is 2.44 bits per heavy atom. The van der Waals surface area contributed by atoms with E-state index in [9.17, 15) is 4.79 Å². The van der Waals surface area contributed by atoms with Gasteiger partial charge in [0.25, 0.3) is 5.91 Å². The van der Waals surface area contributed by atoms with E-state index in [4.69, 9.17) is 21.1 Å². The molecule has 0 bridgehead atoms. The summed E-state index contributed by atoms with van der Waals surface area (Å²) in [5.41, 5.74) is 5.31. The van der Waals surface area contributed by atoms with Crippen LogP contribution in [0.1, 0.15) is 45.6 Å². The topological polar surface area (TPSA) is 50.8 Å². The summed E-state index contributed by atoms with van der Waals surface area (Å²) in [5.74, 6) is 1.23. The Bertz CT molecular complexity index is 1160. The van der Waals surface area contributed by atoms with Gasteiger partial charge in [0, 0.05) is 19.1 Å². The lowest BCUT2D eigenvalue weighted by Crippen LogP contribution is -2.47. The van der Waals surface area contributed by atoms with E-state index in [1.807, 2.05) is 19.1 Å². The molecule has 4 rings (SSSR count). The van der Waals surface area contributed by atoms with Crippen molar-refractivity contribution in [3.63, 3.8) is 0 Å². The average molecular weight is 479 g/mol. The molecule has 0 aliphatic carbocycles. The van der Waals surface area contributed by atoms with Crippen LogP contribution in [-0.2, 0) is 13.0 Å². The molecule has 1 N–H and O–H groups in total. The monoisotopic (exact) mass is 478 g/mol. The van der Waals surface area contributed by atoms with Gasteiger partial charge in [-0.25, -0.2) is 0 Å². The first-order valence-electron chi connectivity index (χ1n) is 11.5. The van der Waals surface area contributed by atoms with Crippen LogP contribution in [0.3, 0.4) is 0 Å². The smallest absolute Gasteiger partial charge is 0.253 e. The molecular weight excluding hydrogens is 448 g/mol. The van der Waals surface area contributed by atoms with Crippen LogP contribution in [0.4, 0.5) is 0 Å². The van der Waals surface area contributed by atoms with E-state index >= 15 is 0 Å². The Morgan fingerprint density at radius 2 is 1.76 bits per heavy atom. The third-order valence-electron chi connectivity index (χ3n) is 6.48. The predicted octanol–water partition coefficient (Wildman–Crippen LogP) is 5.58. The van der Waals surface area contributed by atoms with Crippen LogP contribution in [0.5, 0.6) is 11.5 Å². The number of nitrogens with one attached hydrogen (secondary N) is 1. The van der Waals surface area contributed by atoms with Crippen molar-refractivity contribution in [2.24, 2.45) is 0 Å². The maximum absolute atomic E-state index is 13.1. The van der Waals surface area contributed by atoms with Crippen LogP contribution in [0.25, 0.3) is 0 Å². The van der Waals surface area contributed by atoms with Crippen molar-refractivity contribution in [2.45, 2.75) is 38.9 Å². The number of benzene rings is 3. The normalized spacial score (nSPS) is 16.4. The lowest BCUT2D eigenvalue weighted by atomic mass is 9.87. The second-order valence-electron chi connectivity index (χ2n) is 8.80. The van der Waals surface area contributed by atoms with E-state index in [-0.39, 0.29) is 18.0 Å². The minimum Gasteiger partial charge on any atom is -0.493 e. The van der Waals surface area contributed by atoms with Gasteiger partial charge in [0.05, 0.1) is 30.8 Å². The standard InChI is InChI=1S/C28H31ClN2O3/c1-18-9-11-20(12-10-18)17-31-14-13-21-15-25(33-3)26(34-4)16-23(21)27(31)19(2)30-28(32)22-7-5-6-8-24(22)29/h5-12,15-16,19,27H,13-14,17H2,1-4H3,(H,30,32)/t19-,27-/m1/s1. The molecule has 1 amide bonds. The van der Waals surface area contributed by atoms with Crippen molar-refractivity contribution in [3.8, 4) is 11.5 Å². The van der Waals surface area contributed by atoms with Gasteiger partial charge in [-0.15, -0.1) is 0 Å². The zero-order valence-electron chi connectivity index (χ0n) is 20.1.